The molecule has 18 heavy (non-hydrogen) atoms. The van der Waals surface area contributed by atoms with E-state index in [1.165, 1.54) is 20.8 Å². The number of carbonyl (C=O) groups is 3. The maximum Gasteiger partial charge on any atom is 0.370 e. The van der Waals surface area contributed by atoms with Crippen LogP contribution in [0.3, 0.4) is 0 Å². The highest BCUT2D eigenvalue weighted by molar-refractivity contribution is 8.14. The summed E-state index contributed by atoms with van der Waals surface area (Å²) in [6, 6.07) is -1.21. The van der Waals surface area contributed by atoms with Crippen molar-refractivity contribution in [3.8, 4) is 0 Å². The number of esters is 1. The van der Waals surface area contributed by atoms with Crippen molar-refractivity contribution in [2.45, 2.75) is 31.6 Å². The highest BCUT2D eigenvalue weighted by Gasteiger charge is 2.35. The van der Waals surface area contributed by atoms with Crippen LogP contribution in [0.1, 0.15) is 20.8 Å². The summed E-state index contributed by atoms with van der Waals surface area (Å²) < 4.78 is 7.91. The minimum absolute atomic E-state index is 0. The van der Waals surface area contributed by atoms with Crippen LogP contribution in [0.25, 0.3) is 0 Å². The number of carbonyl (C=O) groups excluding carboxylic acids is 2. The zero-order valence-corrected chi connectivity index (χ0v) is 11.8. The van der Waals surface area contributed by atoms with Gasteiger partial charge in [0.15, 0.2) is 0 Å². The lowest BCUT2D eigenvalue weighted by Gasteiger charge is -2.26. The maximum atomic E-state index is 11.3. The van der Waals surface area contributed by atoms with Gasteiger partial charge in [-0.1, -0.05) is 0 Å². The van der Waals surface area contributed by atoms with Crippen LogP contribution >= 0.6 is 24.2 Å². The predicted octanol–water partition coefficient (Wildman–Crippen LogP) is 0.989. The number of carboxylic acids is 1. The second-order valence-corrected chi connectivity index (χ2v) is 5.26. The van der Waals surface area contributed by atoms with Gasteiger partial charge >= 0.3 is 17.2 Å². The van der Waals surface area contributed by atoms with E-state index in [0.29, 0.717) is 11.8 Å². The molecule has 0 aliphatic heterocycles. The van der Waals surface area contributed by atoms with Crippen LogP contribution in [0.4, 0.5) is 4.79 Å². The van der Waals surface area contributed by atoms with E-state index >= 15 is 0 Å². The normalized spacial score (nSPS) is 12.0. The van der Waals surface area contributed by atoms with Crippen LogP contribution in [0, 0.1) is 0 Å². The van der Waals surface area contributed by atoms with Crippen LogP contribution in [-0.4, -0.2) is 39.9 Å². The molecule has 0 fully saturated rings. The molecule has 0 bridgehead atoms. The third-order valence-corrected chi connectivity index (χ3v) is 2.86. The summed E-state index contributed by atoms with van der Waals surface area (Å²) in [6.45, 7) is 3.68. The van der Waals surface area contributed by atoms with Crippen molar-refractivity contribution in [1.29, 1.82) is 0 Å². The van der Waals surface area contributed by atoms with Gasteiger partial charge in [-0.15, -0.1) is 12.4 Å². The second kappa shape index (κ2) is 8.17. The zero-order chi connectivity index (χ0) is 13.6. The molecule has 0 spiro atoms. The first-order valence-electron chi connectivity index (χ1n) is 4.64. The Labute approximate surface area is 115 Å². The largest absolute Gasteiger partial charge is 0.480 e. The standard InChI is InChI=1S/C9H15NO6S.ClH/c1-5(11)15-4-16-8(14)17-9(2,3)6(10)7(12)13;/h6H,4,10H2,1-3H3,(H,12,13);1H/t6-;/m0./s1. The summed E-state index contributed by atoms with van der Waals surface area (Å²) >= 11 is 0.632. The van der Waals surface area contributed by atoms with E-state index < -0.39 is 34.8 Å². The molecule has 0 aliphatic carbocycles. The topological polar surface area (TPSA) is 116 Å². The van der Waals surface area contributed by atoms with Crippen molar-refractivity contribution in [2.24, 2.45) is 5.73 Å². The molecule has 106 valence electrons. The number of rotatable bonds is 5. The molecule has 3 N–H and O–H groups in total. The van der Waals surface area contributed by atoms with Crippen LogP contribution in [0.15, 0.2) is 0 Å². The summed E-state index contributed by atoms with van der Waals surface area (Å²) in [7, 11) is 0. The minimum atomic E-state index is -1.21. The van der Waals surface area contributed by atoms with Crippen molar-refractivity contribution in [2.75, 3.05) is 6.79 Å². The van der Waals surface area contributed by atoms with Crippen molar-refractivity contribution in [3.05, 3.63) is 0 Å². The molecule has 0 amide bonds. The molecule has 0 aromatic carbocycles. The quantitative estimate of drug-likeness (QED) is 0.570. The van der Waals surface area contributed by atoms with Crippen LogP contribution in [-0.2, 0) is 19.1 Å². The van der Waals surface area contributed by atoms with Crippen LogP contribution < -0.4 is 5.73 Å². The fraction of sp³-hybridized carbons (Fsp3) is 0.667. The van der Waals surface area contributed by atoms with Gasteiger partial charge in [0.05, 0.1) is 0 Å². The number of hydrogen-bond donors (Lipinski definition) is 2. The molecule has 0 aromatic heterocycles. The zero-order valence-electron chi connectivity index (χ0n) is 10.2. The van der Waals surface area contributed by atoms with E-state index in [0.717, 1.165) is 0 Å². The summed E-state index contributed by atoms with van der Waals surface area (Å²) in [4.78, 5) is 32.3. The Morgan fingerprint density at radius 3 is 2.22 bits per heavy atom. The Morgan fingerprint density at radius 2 is 1.83 bits per heavy atom. The lowest BCUT2D eigenvalue weighted by Crippen LogP contribution is -2.47. The Balaban J connectivity index is 0. The molecule has 0 aromatic rings. The van der Waals surface area contributed by atoms with Crippen molar-refractivity contribution in [3.63, 3.8) is 0 Å². The van der Waals surface area contributed by atoms with E-state index in [1.807, 2.05) is 0 Å². The summed E-state index contributed by atoms with van der Waals surface area (Å²) in [6.07, 6.45) is 0. The predicted molar refractivity (Wildman–Crippen MR) is 67.6 cm³/mol. The fourth-order valence-corrected chi connectivity index (χ4v) is 1.53. The lowest BCUT2D eigenvalue weighted by molar-refractivity contribution is -0.148. The average molecular weight is 302 g/mol. The first-order chi connectivity index (χ1) is 7.66. The Kier molecular flexibility index (Phi) is 8.79. The number of ether oxygens (including phenoxy) is 2. The number of hydrogen-bond acceptors (Lipinski definition) is 7. The van der Waals surface area contributed by atoms with Crippen LogP contribution in [0.2, 0.25) is 0 Å². The first kappa shape index (κ1) is 19.4. The van der Waals surface area contributed by atoms with Gasteiger partial charge in [0.25, 0.3) is 0 Å². The molecule has 9 heteroatoms. The minimum Gasteiger partial charge on any atom is -0.480 e. The molecule has 0 aliphatic rings. The van der Waals surface area contributed by atoms with Crippen molar-refractivity contribution < 1.29 is 29.0 Å². The molecule has 0 saturated carbocycles. The maximum absolute atomic E-state index is 11.3. The summed E-state index contributed by atoms with van der Waals surface area (Å²) in [5.41, 5.74) is 5.41. The molecule has 0 heterocycles. The van der Waals surface area contributed by atoms with E-state index in [9.17, 15) is 14.4 Å². The molecular formula is C9H16ClNO6S. The van der Waals surface area contributed by atoms with E-state index in [-0.39, 0.29) is 12.4 Å². The van der Waals surface area contributed by atoms with E-state index in [1.54, 1.807) is 0 Å². The van der Waals surface area contributed by atoms with Gasteiger partial charge in [0.2, 0.25) is 6.79 Å². The van der Waals surface area contributed by atoms with Gasteiger partial charge in [-0.05, 0) is 25.6 Å². The molecule has 0 rings (SSSR count). The number of nitrogens with two attached hydrogens (primary N) is 1. The Morgan fingerprint density at radius 1 is 1.33 bits per heavy atom. The number of halogens is 1. The first-order valence-corrected chi connectivity index (χ1v) is 5.46. The third kappa shape index (κ3) is 7.36. The van der Waals surface area contributed by atoms with Gasteiger partial charge in [-0.25, -0.2) is 4.79 Å². The molecule has 0 radical (unpaired) electrons. The Hall–Kier alpha value is -0.990. The molecule has 7 nitrogen and oxygen atoms in total. The molecule has 1 atom stereocenters. The van der Waals surface area contributed by atoms with Gasteiger partial charge in [-0.2, -0.15) is 0 Å². The van der Waals surface area contributed by atoms with Gasteiger partial charge in [0.1, 0.15) is 6.04 Å². The monoisotopic (exact) mass is 301 g/mol. The lowest BCUT2D eigenvalue weighted by atomic mass is 10.1. The van der Waals surface area contributed by atoms with Gasteiger partial charge < -0.3 is 20.3 Å². The third-order valence-electron chi connectivity index (χ3n) is 1.80. The van der Waals surface area contributed by atoms with Gasteiger partial charge in [-0.3, -0.25) is 9.59 Å². The number of thioether (sulfide) groups is 1. The molecular weight excluding hydrogens is 286 g/mol. The molecule has 0 saturated heterocycles. The number of carboxylic acid groups (broad SMARTS) is 1. The van der Waals surface area contributed by atoms with E-state index in [4.69, 9.17) is 10.8 Å². The second-order valence-electron chi connectivity index (χ2n) is 3.67. The molecule has 0 unspecified atom stereocenters. The smallest absolute Gasteiger partial charge is 0.370 e. The SMILES string of the molecule is CC(=O)OCOC(=O)SC(C)(C)[C@@H](N)C(=O)O.Cl. The van der Waals surface area contributed by atoms with Crippen molar-refractivity contribution >= 4 is 41.4 Å². The fourth-order valence-electron chi connectivity index (χ4n) is 0.766. The van der Waals surface area contributed by atoms with E-state index in [2.05, 4.69) is 9.47 Å². The van der Waals surface area contributed by atoms with Gasteiger partial charge in [0, 0.05) is 11.7 Å². The van der Waals surface area contributed by atoms with Crippen LogP contribution in [0.5, 0.6) is 0 Å². The van der Waals surface area contributed by atoms with Crippen molar-refractivity contribution in [1.82, 2.24) is 0 Å². The average Bonchev–Trinajstić information content (AvgIpc) is 2.14. The summed E-state index contributed by atoms with van der Waals surface area (Å²) in [5.74, 6) is -1.79. The highest BCUT2D eigenvalue weighted by Crippen LogP contribution is 2.29. The Bertz CT molecular complexity index is 322. The highest BCUT2D eigenvalue weighted by atomic mass is 35.5. The summed E-state index contributed by atoms with van der Waals surface area (Å²) in [5, 5.41) is 7.96. The number of aliphatic carboxylic acids is 1.